The van der Waals surface area contributed by atoms with Gasteiger partial charge in [-0.25, -0.2) is 4.98 Å². The summed E-state index contributed by atoms with van der Waals surface area (Å²) in [5.41, 5.74) is 0. The molecule has 4 heteroatoms. The second-order valence-corrected chi connectivity index (χ2v) is 5.15. The Morgan fingerprint density at radius 2 is 2.40 bits per heavy atom. The molecule has 84 valence electrons. The zero-order chi connectivity index (χ0) is 10.5. The summed E-state index contributed by atoms with van der Waals surface area (Å²) in [6, 6.07) is 0. The lowest BCUT2D eigenvalue weighted by Crippen LogP contribution is -2.27. The minimum atomic E-state index is 1.06. The van der Waals surface area contributed by atoms with Gasteiger partial charge in [-0.2, -0.15) is 0 Å². The van der Waals surface area contributed by atoms with E-state index in [1.165, 1.54) is 35.9 Å². The Morgan fingerprint density at radius 1 is 1.47 bits per heavy atom. The molecule has 0 radical (unpaired) electrons. The van der Waals surface area contributed by atoms with Gasteiger partial charge in [0.05, 0.1) is 5.01 Å². The third-order valence-electron chi connectivity index (χ3n) is 2.72. The number of rotatable bonds is 3. The number of nitrogens with one attached hydrogen (secondary N) is 1. The van der Waals surface area contributed by atoms with Gasteiger partial charge in [-0.3, -0.25) is 4.90 Å². The topological polar surface area (TPSA) is 28.2 Å². The van der Waals surface area contributed by atoms with Crippen molar-refractivity contribution < 1.29 is 0 Å². The molecule has 3 nitrogen and oxygen atoms in total. The van der Waals surface area contributed by atoms with E-state index in [1.54, 1.807) is 0 Å². The van der Waals surface area contributed by atoms with Crippen LogP contribution in [0, 0.1) is 0 Å². The molecule has 2 rings (SSSR count). The van der Waals surface area contributed by atoms with E-state index < -0.39 is 0 Å². The fourth-order valence-corrected chi connectivity index (χ4v) is 2.77. The number of aryl methyl sites for hydroxylation is 1. The van der Waals surface area contributed by atoms with E-state index in [9.17, 15) is 0 Å². The average Bonchev–Trinajstić information content (AvgIpc) is 2.54. The van der Waals surface area contributed by atoms with Crippen LogP contribution in [0.15, 0.2) is 6.20 Å². The highest BCUT2D eigenvalue weighted by Crippen LogP contribution is 2.15. The summed E-state index contributed by atoms with van der Waals surface area (Å²) < 4.78 is 0. The predicted molar refractivity (Wildman–Crippen MR) is 64.3 cm³/mol. The van der Waals surface area contributed by atoms with Crippen LogP contribution in [0.3, 0.4) is 0 Å². The number of aromatic nitrogens is 1. The SMILES string of the molecule is CCc1ncc(CN2CCCNCC2)s1. The monoisotopic (exact) mass is 225 g/mol. The van der Waals surface area contributed by atoms with Crippen LogP contribution in [0.4, 0.5) is 0 Å². The zero-order valence-electron chi connectivity index (χ0n) is 9.33. The molecule has 0 aromatic carbocycles. The molecule has 0 bridgehead atoms. The van der Waals surface area contributed by atoms with E-state index in [-0.39, 0.29) is 0 Å². The van der Waals surface area contributed by atoms with Gasteiger partial charge in [0.15, 0.2) is 0 Å². The van der Waals surface area contributed by atoms with Crippen molar-refractivity contribution in [3.05, 3.63) is 16.1 Å². The van der Waals surface area contributed by atoms with Crippen LogP contribution in [-0.2, 0) is 13.0 Å². The molecule has 0 unspecified atom stereocenters. The minimum absolute atomic E-state index is 1.06. The molecular weight excluding hydrogens is 206 g/mol. The highest BCUT2D eigenvalue weighted by atomic mass is 32.1. The van der Waals surface area contributed by atoms with Crippen molar-refractivity contribution in [2.75, 3.05) is 26.2 Å². The van der Waals surface area contributed by atoms with Gasteiger partial charge in [0, 0.05) is 30.7 Å². The van der Waals surface area contributed by atoms with E-state index in [1.807, 2.05) is 17.5 Å². The van der Waals surface area contributed by atoms with Crippen molar-refractivity contribution in [1.29, 1.82) is 0 Å². The molecule has 1 aromatic heterocycles. The van der Waals surface area contributed by atoms with Crippen LogP contribution < -0.4 is 5.32 Å². The summed E-state index contributed by atoms with van der Waals surface area (Å²) in [7, 11) is 0. The molecule has 0 aliphatic carbocycles. The van der Waals surface area contributed by atoms with Gasteiger partial charge in [-0.15, -0.1) is 11.3 Å². The maximum absolute atomic E-state index is 4.40. The van der Waals surface area contributed by atoms with Crippen LogP contribution >= 0.6 is 11.3 Å². The molecule has 0 atom stereocenters. The van der Waals surface area contributed by atoms with Gasteiger partial charge < -0.3 is 5.32 Å². The Kier molecular flexibility index (Phi) is 4.11. The van der Waals surface area contributed by atoms with Crippen LogP contribution in [-0.4, -0.2) is 36.1 Å². The maximum atomic E-state index is 4.40. The largest absolute Gasteiger partial charge is 0.315 e. The number of thiazole rings is 1. The predicted octanol–water partition coefficient (Wildman–Crippen LogP) is 1.50. The van der Waals surface area contributed by atoms with E-state index in [0.29, 0.717) is 0 Å². The van der Waals surface area contributed by atoms with Crippen molar-refractivity contribution in [1.82, 2.24) is 15.2 Å². The van der Waals surface area contributed by atoms with Crippen LogP contribution in [0.5, 0.6) is 0 Å². The Bertz CT molecular complexity index is 290. The van der Waals surface area contributed by atoms with Gasteiger partial charge in [0.25, 0.3) is 0 Å². The molecular formula is C11H19N3S. The molecule has 1 saturated heterocycles. The van der Waals surface area contributed by atoms with Crippen molar-refractivity contribution in [3.8, 4) is 0 Å². The molecule has 1 aliphatic heterocycles. The average molecular weight is 225 g/mol. The highest BCUT2D eigenvalue weighted by molar-refractivity contribution is 7.11. The first kappa shape index (κ1) is 11.0. The Hall–Kier alpha value is -0.450. The first-order valence-electron chi connectivity index (χ1n) is 5.75. The molecule has 0 spiro atoms. The van der Waals surface area contributed by atoms with Gasteiger partial charge in [-0.1, -0.05) is 6.92 Å². The van der Waals surface area contributed by atoms with Crippen molar-refractivity contribution in [3.63, 3.8) is 0 Å². The fraction of sp³-hybridized carbons (Fsp3) is 0.727. The fourth-order valence-electron chi connectivity index (χ4n) is 1.86. The van der Waals surface area contributed by atoms with Gasteiger partial charge >= 0.3 is 0 Å². The third-order valence-corrected chi connectivity index (χ3v) is 3.84. The Balaban J connectivity index is 1.89. The summed E-state index contributed by atoms with van der Waals surface area (Å²) in [5, 5.41) is 4.69. The van der Waals surface area contributed by atoms with Crippen LogP contribution in [0.2, 0.25) is 0 Å². The van der Waals surface area contributed by atoms with Crippen LogP contribution in [0.25, 0.3) is 0 Å². The van der Waals surface area contributed by atoms with E-state index >= 15 is 0 Å². The lowest BCUT2D eigenvalue weighted by molar-refractivity contribution is 0.287. The maximum Gasteiger partial charge on any atom is 0.0925 e. The molecule has 1 aromatic rings. The molecule has 0 amide bonds. The zero-order valence-corrected chi connectivity index (χ0v) is 10.1. The van der Waals surface area contributed by atoms with Gasteiger partial charge in [0.2, 0.25) is 0 Å². The van der Waals surface area contributed by atoms with Gasteiger partial charge in [-0.05, 0) is 25.9 Å². The highest BCUT2D eigenvalue weighted by Gasteiger charge is 2.10. The molecule has 0 saturated carbocycles. The second-order valence-electron chi connectivity index (χ2n) is 3.95. The first-order valence-corrected chi connectivity index (χ1v) is 6.57. The molecule has 1 fully saturated rings. The van der Waals surface area contributed by atoms with Crippen LogP contribution in [0.1, 0.15) is 23.2 Å². The smallest absolute Gasteiger partial charge is 0.0925 e. The second kappa shape index (κ2) is 5.58. The Labute approximate surface area is 95.5 Å². The molecule has 15 heavy (non-hydrogen) atoms. The summed E-state index contributed by atoms with van der Waals surface area (Å²) in [6.07, 6.45) is 4.37. The quantitative estimate of drug-likeness (QED) is 0.845. The van der Waals surface area contributed by atoms with E-state index in [0.717, 1.165) is 19.5 Å². The summed E-state index contributed by atoms with van der Waals surface area (Å²) in [5.74, 6) is 0. The summed E-state index contributed by atoms with van der Waals surface area (Å²) in [4.78, 5) is 8.33. The summed E-state index contributed by atoms with van der Waals surface area (Å²) >= 11 is 1.86. The normalized spacial score (nSPS) is 19.0. The van der Waals surface area contributed by atoms with E-state index in [4.69, 9.17) is 0 Å². The van der Waals surface area contributed by atoms with Crippen molar-refractivity contribution in [2.24, 2.45) is 0 Å². The number of hydrogen-bond donors (Lipinski definition) is 1. The summed E-state index contributed by atoms with van der Waals surface area (Å²) in [6.45, 7) is 7.92. The number of nitrogens with zero attached hydrogens (tertiary/aromatic N) is 2. The van der Waals surface area contributed by atoms with Gasteiger partial charge in [0.1, 0.15) is 0 Å². The third kappa shape index (κ3) is 3.26. The Morgan fingerprint density at radius 3 is 3.20 bits per heavy atom. The van der Waals surface area contributed by atoms with Crippen molar-refractivity contribution in [2.45, 2.75) is 26.3 Å². The minimum Gasteiger partial charge on any atom is -0.315 e. The molecule has 2 heterocycles. The lowest BCUT2D eigenvalue weighted by atomic mass is 10.4. The number of hydrogen-bond acceptors (Lipinski definition) is 4. The molecule has 1 N–H and O–H groups in total. The first-order chi connectivity index (χ1) is 7.38. The van der Waals surface area contributed by atoms with Crippen molar-refractivity contribution >= 4 is 11.3 Å². The lowest BCUT2D eigenvalue weighted by Gasteiger charge is -2.17. The van der Waals surface area contributed by atoms with E-state index in [2.05, 4.69) is 22.1 Å². The molecule has 1 aliphatic rings. The standard InChI is InChI=1S/C11H19N3S/c1-2-11-13-8-10(15-11)9-14-6-3-4-12-5-7-14/h8,12H,2-7,9H2,1H3.